The van der Waals surface area contributed by atoms with E-state index >= 15 is 0 Å². The number of allylic oxidation sites excluding steroid dienone is 1. The van der Waals surface area contributed by atoms with E-state index in [9.17, 15) is 9.59 Å². The second kappa shape index (κ2) is 7.36. The second-order valence-corrected chi connectivity index (χ2v) is 4.34. The molecule has 102 valence electrons. The molecule has 0 atom stereocenters. The topological polar surface area (TPSA) is 66.4 Å². The van der Waals surface area contributed by atoms with Crippen LogP contribution in [0.25, 0.3) is 0 Å². The highest BCUT2D eigenvalue weighted by atomic mass is 16.4. The van der Waals surface area contributed by atoms with Crippen LogP contribution in [-0.4, -0.2) is 17.0 Å². The van der Waals surface area contributed by atoms with Crippen LogP contribution in [0, 0.1) is 0 Å². The van der Waals surface area contributed by atoms with Gasteiger partial charge in [0.25, 0.3) is 5.91 Å². The Kier molecular flexibility index (Phi) is 5.79. The monoisotopic (exact) mass is 261 g/mol. The lowest BCUT2D eigenvalue weighted by Gasteiger charge is -2.07. The predicted molar refractivity (Wildman–Crippen MR) is 75.1 cm³/mol. The first kappa shape index (κ1) is 15.0. The van der Waals surface area contributed by atoms with Gasteiger partial charge in [0.15, 0.2) is 0 Å². The molecule has 19 heavy (non-hydrogen) atoms. The summed E-state index contributed by atoms with van der Waals surface area (Å²) < 4.78 is 0. The number of aliphatic carboxylic acids is 1. The number of benzene rings is 1. The maximum atomic E-state index is 11.8. The van der Waals surface area contributed by atoms with Gasteiger partial charge in [-0.1, -0.05) is 25.1 Å². The van der Waals surface area contributed by atoms with Crippen molar-refractivity contribution in [2.75, 3.05) is 5.32 Å². The molecular formula is C15H19NO3. The highest BCUT2D eigenvalue weighted by molar-refractivity contribution is 6.03. The molecule has 1 aromatic carbocycles. The highest BCUT2D eigenvalue weighted by Crippen LogP contribution is 2.13. The maximum Gasteiger partial charge on any atom is 0.303 e. The number of carboxylic acid groups (broad SMARTS) is 1. The second-order valence-electron chi connectivity index (χ2n) is 4.34. The summed E-state index contributed by atoms with van der Waals surface area (Å²) in [5.74, 6) is -0.951. The normalized spacial score (nSPS) is 11.2. The van der Waals surface area contributed by atoms with Gasteiger partial charge < -0.3 is 10.4 Å². The fraction of sp³-hybridized carbons (Fsp3) is 0.333. The molecular weight excluding hydrogens is 242 g/mol. The Morgan fingerprint density at radius 3 is 2.74 bits per heavy atom. The van der Waals surface area contributed by atoms with Gasteiger partial charge in [0.05, 0.1) is 0 Å². The molecule has 2 N–H and O–H groups in total. The van der Waals surface area contributed by atoms with Crippen molar-refractivity contribution < 1.29 is 14.7 Å². The SMILES string of the molecule is CC/C=C(/C)C(=O)Nc1cccc(CCC(=O)O)c1. The molecule has 0 aromatic heterocycles. The minimum absolute atomic E-state index is 0.0894. The largest absolute Gasteiger partial charge is 0.481 e. The van der Waals surface area contributed by atoms with Crippen molar-refractivity contribution in [3.05, 3.63) is 41.5 Å². The van der Waals surface area contributed by atoms with Crippen LogP contribution >= 0.6 is 0 Å². The maximum absolute atomic E-state index is 11.8. The summed E-state index contributed by atoms with van der Waals surface area (Å²) >= 11 is 0. The third-order valence-corrected chi connectivity index (χ3v) is 2.68. The predicted octanol–water partition coefficient (Wildman–Crippen LogP) is 3.00. The van der Waals surface area contributed by atoms with Crippen molar-refractivity contribution in [2.45, 2.75) is 33.1 Å². The quantitative estimate of drug-likeness (QED) is 0.773. The number of aryl methyl sites for hydroxylation is 1. The van der Waals surface area contributed by atoms with Crippen molar-refractivity contribution in [1.82, 2.24) is 0 Å². The van der Waals surface area contributed by atoms with Crippen LogP contribution < -0.4 is 5.32 Å². The van der Waals surface area contributed by atoms with Gasteiger partial charge in [-0.05, 0) is 37.5 Å². The number of hydrogen-bond donors (Lipinski definition) is 2. The molecule has 4 heteroatoms. The minimum atomic E-state index is -0.823. The lowest BCUT2D eigenvalue weighted by molar-refractivity contribution is -0.137. The first-order valence-corrected chi connectivity index (χ1v) is 6.31. The molecule has 1 aromatic rings. The minimum Gasteiger partial charge on any atom is -0.481 e. The molecule has 0 spiro atoms. The van der Waals surface area contributed by atoms with E-state index in [-0.39, 0.29) is 12.3 Å². The van der Waals surface area contributed by atoms with Crippen LogP contribution in [0.2, 0.25) is 0 Å². The molecule has 0 bridgehead atoms. The number of carbonyl (C=O) groups is 2. The van der Waals surface area contributed by atoms with Crippen molar-refractivity contribution in [1.29, 1.82) is 0 Å². The zero-order chi connectivity index (χ0) is 14.3. The van der Waals surface area contributed by atoms with E-state index in [1.165, 1.54) is 0 Å². The molecule has 4 nitrogen and oxygen atoms in total. The summed E-state index contributed by atoms with van der Waals surface area (Å²) in [5, 5.41) is 11.4. The molecule has 0 saturated carbocycles. The number of carbonyl (C=O) groups excluding carboxylic acids is 1. The number of rotatable bonds is 6. The smallest absolute Gasteiger partial charge is 0.303 e. The van der Waals surface area contributed by atoms with Crippen LogP contribution in [-0.2, 0) is 16.0 Å². The molecule has 1 amide bonds. The highest BCUT2D eigenvalue weighted by Gasteiger charge is 2.05. The average Bonchev–Trinajstić information content (AvgIpc) is 2.37. The zero-order valence-electron chi connectivity index (χ0n) is 11.3. The van der Waals surface area contributed by atoms with Crippen LogP contribution in [0.1, 0.15) is 32.3 Å². The summed E-state index contributed by atoms with van der Waals surface area (Å²) in [5.41, 5.74) is 2.27. The lowest BCUT2D eigenvalue weighted by atomic mass is 10.1. The Balaban J connectivity index is 2.69. The van der Waals surface area contributed by atoms with E-state index in [0.29, 0.717) is 17.7 Å². The number of amides is 1. The van der Waals surface area contributed by atoms with Crippen molar-refractivity contribution in [2.24, 2.45) is 0 Å². The third kappa shape index (κ3) is 5.38. The van der Waals surface area contributed by atoms with Gasteiger partial charge in [0.1, 0.15) is 0 Å². The number of hydrogen-bond acceptors (Lipinski definition) is 2. The summed E-state index contributed by atoms with van der Waals surface area (Å²) in [6, 6.07) is 7.26. The Morgan fingerprint density at radius 1 is 1.37 bits per heavy atom. The molecule has 0 aliphatic carbocycles. The van der Waals surface area contributed by atoms with E-state index in [0.717, 1.165) is 12.0 Å². The zero-order valence-corrected chi connectivity index (χ0v) is 11.3. The fourth-order valence-electron chi connectivity index (χ4n) is 1.68. The molecule has 0 heterocycles. The van der Waals surface area contributed by atoms with Gasteiger partial charge in [-0.3, -0.25) is 9.59 Å². The molecule has 0 radical (unpaired) electrons. The van der Waals surface area contributed by atoms with Gasteiger partial charge in [-0.15, -0.1) is 0 Å². The fourth-order valence-corrected chi connectivity index (χ4v) is 1.68. The van der Waals surface area contributed by atoms with E-state index in [1.807, 2.05) is 25.1 Å². The van der Waals surface area contributed by atoms with Crippen molar-refractivity contribution in [3.63, 3.8) is 0 Å². The van der Waals surface area contributed by atoms with Gasteiger partial charge in [-0.25, -0.2) is 0 Å². The molecule has 0 fully saturated rings. The summed E-state index contributed by atoms with van der Waals surface area (Å²) in [6.45, 7) is 3.75. The van der Waals surface area contributed by atoms with Crippen LogP contribution in [0.5, 0.6) is 0 Å². The molecule has 0 aliphatic rings. The van der Waals surface area contributed by atoms with Crippen LogP contribution in [0.3, 0.4) is 0 Å². The number of carboxylic acids is 1. The molecule has 0 saturated heterocycles. The van der Waals surface area contributed by atoms with E-state index in [2.05, 4.69) is 5.32 Å². The first-order chi connectivity index (χ1) is 9.02. The van der Waals surface area contributed by atoms with Gasteiger partial charge >= 0.3 is 5.97 Å². The summed E-state index contributed by atoms with van der Waals surface area (Å²) in [7, 11) is 0. The molecule has 1 rings (SSSR count). The van der Waals surface area contributed by atoms with Crippen molar-refractivity contribution >= 4 is 17.6 Å². The lowest BCUT2D eigenvalue weighted by Crippen LogP contribution is -2.12. The Bertz CT molecular complexity index is 492. The van der Waals surface area contributed by atoms with Gasteiger partial charge in [0, 0.05) is 17.7 Å². The van der Waals surface area contributed by atoms with Crippen molar-refractivity contribution in [3.8, 4) is 0 Å². The summed E-state index contributed by atoms with van der Waals surface area (Å²) in [4.78, 5) is 22.3. The standard InChI is InChI=1S/C15H19NO3/c1-3-5-11(2)15(19)16-13-7-4-6-12(10-13)8-9-14(17)18/h4-7,10H,3,8-9H2,1-2H3,(H,16,19)(H,17,18)/b11-5-. The van der Waals surface area contributed by atoms with E-state index in [1.54, 1.807) is 19.1 Å². The molecule has 0 unspecified atom stereocenters. The van der Waals surface area contributed by atoms with E-state index in [4.69, 9.17) is 5.11 Å². The molecule has 0 aliphatic heterocycles. The first-order valence-electron chi connectivity index (χ1n) is 6.31. The Morgan fingerprint density at radius 2 is 2.11 bits per heavy atom. The van der Waals surface area contributed by atoms with Crippen LogP contribution in [0.4, 0.5) is 5.69 Å². The Hall–Kier alpha value is -2.10. The van der Waals surface area contributed by atoms with Gasteiger partial charge in [-0.2, -0.15) is 0 Å². The number of anilines is 1. The van der Waals surface area contributed by atoms with E-state index < -0.39 is 5.97 Å². The number of nitrogens with one attached hydrogen (secondary N) is 1. The average molecular weight is 261 g/mol. The summed E-state index contributed by atoms with van der Waals surface area (Å²) in [6.07, 6.45) is 3.23. The van der Waals surface area contributed by atoms with Crippen LogP contribution in [0.15, 0.2) is 35.9 Å². The third-order valence-electron chi connectivity index (χ3n) is 2.68. The van der Waals surface area contributed by atoms with Gasteiger partial charge in [0.2, 0.25) is 0 Å². The Labute approximate surface area is 113 Å².